The summed E-state index contributed by atoms with van der Waals surface area (Å²) < 4.78 is 0. The van der Waals surface area contributed by atoms with Crippen LogP contribution in [0.15, 0.2) is 83.9 Å². The van der Waals surface area contributed by atoms with Crippen LogP contribution in [0.4, 0.5) is 5.69 Å². The second kappa shape index (κ2) is 8.97. The lowest BCUT2D eigenvalue weighted by atomic mass is 9.68. The van der Waals surface area contributed by atoms with Crippen LogP contribution in [-0.2, 0) is 5.41 Å². The minimum absolute atomic E-state index is 0.108. The van der Waals surface area contributed by atoms with E-state index in [4.69, 9.17) is 4.99 Å². The molecule has 0 spiro atoms. The highest BCUT2D eigenvalue weighted by atomic mass is 15.1. The summed E-state index contributed by atoms with van der Waals surface area (Å²) in [5.74, 6) is 0. The molecule has 2 heteroatoms. The van der Waals surface area contributed by atoms with Crippen molar-refractivity contribution in [3.05, 3.63) is 101 Å². The van der Waals surface area contributed by atoms with Crippen LogP contribution in [0.2, 0.25) is 0 Å². The van der Waals surface area contributed by atoms with Crippen molar-refractivity contribution in [2.75, 3.05) is 19.6 Å². The maximum Gasteiger partial charge on any atom is 0.0661 e. The molecule has 0 N–H and O–H groups in total. The Morgan fingerprint density at radius 1 is 0.800 bits per heavy atom. The van der Waals surface area contributed by atoms with E-state index < -0.39 is 0 Å². The van der Waals surface area contributed by atoms with Crippen LogP contribution < -0.4 is 0 Å². The molecule has 3 aromatic rings. The van der Waals surface area contributed by atoms with Gasteiger partial charge in [0.05, 0.1) is 5.69 Å². The second-order valence-electron chi connectivity index (χ2n) is 8.66. The molecule has 3 aromatic carbocycles. The monoisotopic (exact) mass is 396 g/mol. The number of piperidine rings is 1. The van der Waals surface area contributed by atoms with Gasteiger partial charge in [0.25, 0.3) is 0 Å². The summed E-state index contributed by atoms with van der Waals surface area (Å²) in [5.41, 5.74) is 7.87. The first-order valence-corrected chi connectivity index (χ1v) is 11.0. The molecule has 0 saturated carbocycles. The van der Waals surface area contributed by atoms with Crippen molar-refractivity contribution in [3.8, 4) is 0 Å². The Morgan fingerprint density at radius 3 is 1.93 bits per heavy atom. The summed E-state index contributed by atoms with van der Waals surface area (Å²) in [6.45, 7) is 9.59. The van der Waals surface area contributed by atoms with Gasteiger partial charge in [-0.25, -0.2) is 0 Å². The number of hydrogen-bond donors (Lipinski definition) is 0. The number of nitrogens with zero attached hydrogens (tertiary/aromatic N) is 2. The van der Waals surface area contributed by atoms with E-state index in [-0.39, 0.29) is 5.41 Å². The standard InChI is InChI=1S/C28H32N2/c1-22-11-10-16-27(24(22)3)29-23(2)21-30-19-17-28(18-20-30,25-12-6-4-7-13-25)26-14-8-5-9-15-26/h4-16H,17-21H2,1-3H3. The van der Waals surface area contributed by atoms with Crippen molar-refractivity contribution >= 4 is 11.4 Å². The topological polar surface area (TPSA) is 15.6 Å². The smallest absolute Gasteiger partial charge is 0.0661 e. The van der Waals surface area contributed by atoms with E-state index in [1.807, 2.05) is 0 Å². The van der Waals surface area contributed by atoms with E-state index in [2.05, 4.69) is 105 Å². The number of benzene rings is 3. The zero-order chi connectivity index (χ0) is 21.0. The fourth-order valence-electron chi connectivity index (χ4n) is 4.77. The second-order valence-corrected chi connectivity index (χ2v) is 8.66. The Labute approximate surface area is 181 Å². The number of likely N-dealkylation sites (tertiary alicyclic amines) is 1. The van der Waals surface area contributed by atoms with Gasteiger partial charge < -0.3 is 0 Å². The van der Waals surface area contributed by atoms with Gasteiger partial charge in [-0.2, -0.15) is 0 Å². The first-order chi connectivity index (χ1) is 14.6. The van der Waals surface area contributed by atoms with Gasteiger partial charge in [0.1, 0.15) is 0 Å². The quantitative estimate of drug-likeness (QED) is 0.451. The first-order valence-electron chi connectivity index (χ1n) is 11.0. The molecule has 4 rings (SSSR count). The van der Waals surface area contributed by atoms with Crippen LogP contribution in [0.1, 0.15) is 42.0 Å². The minimum Gasteiger partial charge on any atom is -0.298 e. The van der Waals surface area contributed by atoms with E-state index in [0.29, 0.717) is 0 Å². The van der Waals surface area contributed by atoms with Gasteiger partial charge in [-0.15, -0.1) is 0 Å². The summed E-state index contributed by atoms with van der Waals surface area (Å²) in [7, 11) is 0. The fourth-order valence-corrected chi connectivity index (χ4v) is 4.77. The third-order valence-corrected chi connectivity index (χ3v) is 6.70. The molecule has 1 saturated heterocycles. The van der Waals surface area contributed by atoms with Crippen molar-refractivity contribution < 1.29 is 0 Å². The number of hydrogen-bond acceptors (Lipinski definition) is 2. The summed E-state index contributed by atoms with van der Waals surface area (Å²) in [5, 5.41) is 0. The lowest BCUT2D eigenvalue weighted by Crippen LogP contribution is -2.44. The Morgan fingerprint density at radius 2 is 1.37 bits per heavy atom. The average Bonchev–Trinajstić information content (AvgIpc) is 2.79. The van der Waals surface area contributed by atoms with Gasteiger partial charge in [-0.3, -0.25) is 9.89 Å². The molecule has 1 aliphatic heterocycles. The van der Waals surface area contributed by atoms with E-state index in [1.54, 1.807) is 0 Å². The molecule has 1 fully saturated rings. The van der Waals surface area contributed by atoms with Crippen LogP contribution in [0.3, 0.4) is 0 Å². The van der Waals surface area contributed by atoms with Gasteiger partial charge in [0, 0.05) is 17.7 Å². The molecule has 30 heavy (non-hydrogen) atoms. The summed E-state index contributed by atoms with van der Waals surface area (Å²) in [4.78, 5) is 7.50. The Hall–Kier alpha value is -2.71. The zero-order valence-electron chi connectivity index (χ0n) is 18.4. The van der Waals surface area contributed by atoms with Crippen LogP contribution in [0.25, 0.3) is 0 Å². The molecule has 1 aliphatic rings. The van der Waals surface area contributed by atoms with Crippen LogP contribution in [0.5, 0.6) is 0 Å². The van der Waals surface area contributed by atoms with E-state index in [9.17, 15) is 0 Å². The molecule has 0 amide bonds. The van der Waals surface area contributed by atoms with Crippen LogP contribution >= 0.6 is 0 Å². The van der Waals surface area contributed by atoms with E-state index in [1.165, 1.54) is 28.0 Å². The molecule has 154 valence electrons. The van der Waals surface area contributed by atoms with Crippen molar-refractivity contribution in [1.82, 2.24) is 4.90 Å². The Balaban J connectivity index is 1.51. The molecule has 0 atom stereocenters. The predicted molar refractivity (Wildman–Crippen MR) is 128 cm³/mol. The van der Waals surface area contributed by atoms with E-state index in [0.717, 1.165) is 38.2 Å². The number of aliphatic imine (C=N–C) groups is 1. The normalized spacial score (nSPS) is 17.1. The van der Waals surface area contributed by atoms with Crippen LogP contribution in [0, 0.1) is 13.8 Å². The molecular formula is C28H32N2. The third-order valence-electron chi connectivity index (χ3n) is 6.70. The van der Waals surface area contributed by atoms with Crippen LogP contribution in [-0.4, -0.2) is 30.2 Å². The molecular weight excluding hydrogens is 364 g/mol. The van der Waals surface area contributed by atoms with Gasteiger partial charge in [0.2, 0.25) is 0 Å². The summed E-state index contributed by atoms with van der Waals surface area (Å²) >= 11 is 0. The molecule has 1 heterocycles. The van der Waals surface area contributed by atoms with Gasteiger partial charge >= 0.3 is 0 Å². The zero-order valence-corrected chi connectivity index (χ0v) is 18.4. The van der Waals surface area contributed by atoms with Gasteiger partial charge in [-0.1, -0.05) is 72.8 Å². The van der Waals surface area contributed by atoms with Gasteiger partial charge in [-0.05, 0) is 75.0 Å². The fraction of sp³-hybridized carbons (Fsp3) is 0.321. The minimum atomic E-state index is 0.108. The maximum atomic E-state index is 4.94. The largest absolute Gasteiger partial charge is 0.298 e. The molecule has 0 radical (unpaired) electrons. The Bertz CT molecular complexity index is 956. The van der Waals surface area contributed by atoms with Gasteiger partial charge in [0.15, 0.2) is 0 Å². The first kappa shape index (κ1) is 20.6. The summed E-state index contributed by atoms with van der Waals surface area (Å²) in [6, 6.07) is 28.5. The highest BCUT2D eigenvalue weighted by Crippen LogP contribution is 2.41. The molecule has 0 unspecified atom stereocenters. The van der Waals surface area contributed by atoms with Crippen molar-refractivity contribution in [2.45, 2.75) is 39.0 Å². The lowest BCUT2D eigenvalue weighted by Gasteiger charge is -2.43. The predicted octanol–water partition coefficient (Wildman–Crippen LogP) is 6.48. The molecule has 0 aromatic heterocycles. The lowest BCUT2D eigenvalue weighted by molar-refractivity contribution is 0.199. The highest BCUT2D eigenvalue weighted by molar-refractivity contribution is 5.86. The number of aryl methyl sites for hydroxylation is 1. The highest BCUT2D eigenvalue weighted by Gasteiger charge is 2.37. The average molecular weight is 397 g/mol. The van der Waals surface area contributed by atoms with Crippen molar-refractivity contribution in [2.24, 2.45) is 4.99 Å². The molecule has 2 nitrogen and oxygen atoms in total. The Kier molecular flexibility index (Phi) is 6.15. The maximum absolute atomic E-state index is 4.94. The molecule has 0 bridgehead atoms. The van der Waals surface area contributed by atoms with E-state index >= 15 is 0 Å². The van der Waals surface area contributed by atoms with Crippen molar-refractivity contribution in [1.29, 1.82) is 0 Å². The van der Waals surface area contributed by atoms with Crippen molar-refractivity contribution in [3.63, 3.8) is 0 Å². The molecule has 0 aliphatic carbocycles. The number of rotatable bonds is 5. The third kappa shape index (κ3) is 4.24. The summed E-state index contributed by atoms with van der Waals surface area (Å²) in [6.07, 6.45) is 2.27. The SMILES string of the molecule is CC(CN1CCC(c2ccccc2)(c2ccccc2)CC1)=Nc1cccc(C)c1C.